The molecule has 0 aromatic heterocycles. The van der Waals surface area contributed by atoms with Crippen LogP contribution in [0.4, 0.5) is 0 Å². The van der Waals surface area contributed by atoms with Gasteiger partial charge >= 0.3 is 5.97 Å². The normalized spacial score (nSPS) is 31.9. The third kappa shape index (κ3) is 7.06. The molecule has 4 nitrogen and oxygen atoms in total. The highest BCUT2D eigenvalue weighted by Crippen LogP contribution is 2.67. The highest BCUT2D eigenvalue weighted by Gasteiger charge is 2.59. The molecular formula is C43H57NO3. The first-order chi connectivity index (χ1) is 22.6. The number of fused-ring (bicyclic) bond motifs is 5. The molecule has 252 valence electrons. The molecule has 4 heteroatoms. The second-order valence-electron chi connectivity index (χ2n) is 16.5. The molecule has 0 bridgehead atoms. The number of rotatable bonds is 11. The summed E-state index contributed by atoms with van der Waals surface area (Å²) >= 11 is 0. The second-order valence-corrected chi connectivity index (χ2v) is 16.5. The molecule has 0 N–H and O–H groups in total. The molecule has 4 aliphatic rings. The minimum atomic E-state index is -0.157. The van der Waals surface area contributed by atoms with Gasteiger partial charge in [-0.3, -0.25) is 4.79 Å². The molecule has 2 aromatic rings. The molecule has 6 rings (SSSR count). The summed E-state index contributed by atoms with van der Waals surface area (Å²) in [4.78, 5) is 12.9. The van der Waals surface area contributed by atoms with E-state index in [1.54, 1.807) is 5.57 Å². The van der Waals surface area contributed by atoms with Crippen LogP contribution in [0.1, 0.15) is 117 Å². The first kappa shape index (κ1) is 33.8. The Morgan fingerprint density at radius 1 is 0.915 bits per heavy atom. The van der Waals surface area contributed by atoms with Crippen LogP contribution in [0.25, 0.3) is 11.1 Å². The van der Waals surface area contributed by atoms with Gasteiger partial charge in [0.15, 0.2) is 0 Å². The lowest BCUT2D eigenvalue weighted by Crippen LogP contribution is -2.51. The zero-order valence-electron chi connectivity index (χ0n) is 29.6. The minimum absolute atomic E-state index is 0.0125. The van der Waals surface area contributed by atoms with Crippen molar-refractivity contribution in [3.63, 3.8) is 0 Å². The molecule has 8 atom stereocenters. The van der Waals surface area contributed by atoms with Gasteiger partial charge in [0.25, 0.3) is 0 Å². The summed E-state index contributed by atoms with van der Waals surface area (Å²) in [6.07, 6.45) is 16.9. The van der Waals surface area contributed by atoms with Crippen molar-refractivity contribution in [3.05, 3.63) is 65.7 Å². The predicted molar refractivity (Wildman–Crippen MR) is 190 cm³/mol. The lowest BCUT2D eigenvalue weighted by atomic mass is 9.47. The molecule has 0 saturated heterocycles. The van der Waals surface area contributed by atoms with Crippen LogP contribution in [0.3, 0.4) is 0 Å². The number of hydrogen-bond acceptors (Lipinski definition) is 4. The fourth-order valence-electron chi connectivity index (χ4n) is 10.7. The number of carbonyl (C=O) groups is 1. The number of allylic oxidation sites excluding steroid dienone is 1. The van der Waals surface area contributed by atoms with Crippen molar-refractivity contribution in [2.24, 2.45) is 46.3 Å². The Labute approximate surface area is 284 Å². The van der Waals surface area contributed by atoms with E-state index in [9.17, 15) is 4.79 Å². The van der Waals surface area contributed by atoms with Crippen molar-refractivity contribution >= 4 is 5.97 Å². The predicted octanol–water partition coefficient (Wildman–Crippen LogP) is 10.9. The van der Waals surface area contributed by atoms with E-state index in [0.717, 1.165) is 71.6 Å². The molecule has 3 fully saturated rings. The van der Waals surface area contributed by atoms with Gasteiger partial charge in [-0.25, -0.2) is 0 Å². The zero-order valence-corrected chi connectivity index (χ0v) is 29.6. The van der Waals surface area contributed by atoms with Crippen LogP contribution < -0.4 is 4.74 Å². The molecule has 3 saturated carbocycles. The number of benzene rings is 2. The van der Waals surface area contributed by atoms with Gasteiger partial charge in [0.05, 0.1) is 24.7 Å². The van der Waals surface area contributed by atoms with Gasteiger partial charge in [-0.1, -0.05) is 89.8 Å². The van der Waals surface area contributed by atoms with Crippen molar-refractivity contribution < 1.29 is 14.3 Å². The van der Waals surface area contributed by atoms with E-state index in [2.05, 4.69) is 46.8 Å². The number of esters is 1. The molecule has 0 unspecified atom stereocenters. The number of carbonyl (C=O) groups excluding carboxylic acids is 1. The summed E-state index contributed by atoms with van der Waals surface area (Å²) in [5, 5.41) is 9.02. The summed E-state index contributed by atoms with van der Waals surface area (Å²) in [6.45, 7) is 12.8. The van der Waals surface area contributed by atoms with Crippen molar-refractivity contribution in [1.29, 1.82) is 5.26 Å². The second kappa shape index (κ2) is 14.2. The maximum absolute atomic E-state index is 12.9. The third-order valence-corrected chi connectivity index (χ3v) is 13.3. The van der Waals surface area contributed by atoms with E-state index in [-0.39, 0.29) is 23.9 Å². The van der Waals surface area contributed by atoms with Crippen LogP contribution in [-0.4, -0.2) is 18.7 Å². The maximum Gasteiger partial charge on any atom is 0.309 e. The van der Waals surface area contributed by atoms with Crippen molar-refractivity contribution in [2.45, 2.75) is 118 Å². The van der Waals surface area contributed by atoms with Crippen molar-refractivity contribution in [1.82, 2.24) is 0 Å². The molecule has 0 aliphatic heterocycles. The molecule has 47 heavy (non-hydrogen) atoms. The van der Waals surface area contributed by atoms with E-state index in [1.165, 1.54) is 51.4 Å². The number of ether oxygens (including phenoxy) is 2. The topological polar surface area (TPSA) is 59.3 Å². The van der Waals surface area contributed by atoms with Crippen LogP contribution in [0.5, 0.6) is 5.75 Å². The molecule has 0 radical (unpaired) electrons. The number of nitrogens with zero attached hydrogens (tertiary/aromatic N) is 1. The third-order valence-electron chi connectivity index (χ3n) is 13.3. The Kier molecular flexibility index (Phi) is 10.2. The van der Waals surface area contributed by atoms with Gasteiger partial charge in [0, 0.05) is 6.42 Å². The fraction of sp³-hybridized carbons (Fsp3) is 0.628. The molecule has 2 aromatic carbocycles. The number of nitriles is 1. The minimum Gasteiger partial charge on any atom is -0.493 e. The Morgan fingerprint density at radius 2 is 1.64 bits per heavy atom. The van der Waals surface area contributed by atoms with Crippen LogP contribution in [0.15, 0.2) is 60.2 Å². The van der Waals surface area contributed by atoms with Gasteiger partial charge < -0.3 is 9.47 Å². The van der Waals surface area contributed by atoms with E-state index < -0.39 is 0 Å². The quantitative estimate of drug-likeness (QED) is 0.182. The average molecular weight is 636 g/mol. The maximum atomic E-state index is 12.9. The van der Waals surface area contributed by atoms with Gasteiger partial charge in [-0.05, 0) is 127 Å². The first-order valence-corrected chi connectivity index (χ1v) is 18.7. The molecule has 0 heterocycles. The van der Waals surface area contributed by atoms with E-state index in [1.807, 2.05) is 48.5 Å². The summed E-state index contributed by atoms with van der Waals surface area (Å²) < 4.78 is 11.9. The Hall–Kier alpha value is -3.06. The average Bonchev–Trinajstić information content (AvgIpc) is 3.42. The van der Waals surface area contributed by atoms with Crippen LogP contribution in [0, 0.1) is 57.7 Å². The SMILES string of the molecule is CC(C)CCC[C@@H](C)[C@H]1CC[C@H]2[C@@H]3CC=C4C[C@@H](OC(=O)CCOc5ccc(-c6ccc(C#N)cc6)cc5)CC[C@]4(C)[C@H]3CC[C@]12C. The van der Waals surface area contributed by atoms with E-state index in [4.69, 9.17) is 14.7 Å². The lowest BCUT2D eigenvalue weighted by molar-refractivity contribution is -0.152. The number of hydrogen-bond donors (Lipinski definition) is 0. The van der Waals surface area contributed by atoms with E-state index >= 15 is 0 Å². The smallest absolute Gasteiger partial charge is 0.309 e. The van der Waals surface area contributed by atoms with Crippen LogP contribution in [-0.2, 0) is 9.53 Å². The van der Waals surface area contributed by atoms with E-state index in [0.29, 0.717) is 17.6 Å². The molecule has 0 amide bonds. The Bertz CT molecular complexity index is 1450. The summed E-state index contributed by atoms with van der Waals surface area (Å²) in [5.41, 5.74) is 5.12. The Balaban J connectivity index is 0.985. The lowest BCUT2D eigenvalue weighted by Gasteiger charge is -2.58. The standard InChI is InChI=1S/C43H57NO3/c1-29(2)7-6-8-30(3)38-19-20-39-37-18-15-34-27-36(21-24-42(34,4)40(37)22-25-43(38,39)5)47-41(45)23-26-46-35-16-13-33(14-17-35)32-11-9-31(28-44)10-12-32/h9-17,29-30,36-40H,6-8,18-27H2,1-5H3/t30-,36+,37+,38-,39+,40+,42+,43-/m1/s1. The van der Waals surface area contributed by atoms with Gasteiger partial charge in [0.2, 0.25) is 0 Å². The first-order valence-electron chi connectivity index (χ1n) is 18.7. The van der Waals surface area contributed by atoms with Crippen molar-refractivity contribution in [2.75, 3.05) is 6.61 Å². The van der Waals surface area contributed by atoms with Gasteiger partial charge in [-0.2, -0.15) is 5.26 Å². The molecule has 0 spiro atoms. The van der Waals surface area contributed by atoms with Crippen LogP contribution >= 0.6 is 0 Å². The highest BCUT2D eigenvalue weighted by molar-refractivity contribution is 5.70. The van der Waals surface area contributed by atoms with Crippen molar-refractivity contribution in [3.8, 4) is 22.9 Å². The summed E-state index contributed by atoms with van der Waals surface area (Å²) in [5.74, 6) is 5.62. The summed E-state index contributed by atoms with van der Waals surface area (Å²) in [7, 11) is 0. The Morgan fingerprint density at radius 3 is 2.34 bits per heavy atom. The molecule has 4 aliphatic carbocycles. The summed E-state index contributed by atoms with van der Waals surface area (Å²) in [6, 6.07) is 17.6. The van der Waals surface area contributed by atoms with Crippen LogP contribution in [0.2, 0.25) is 0 Å². The monoisotopic (exact) mass is 635 g/mol. The highest BCUT2D eigenvalue weighted by atomic mass is 16.5. The fourth-order valence-corrected chi connectivity index (χ4v) is 10.7. The molecular weight excluding hydrogens is 578 g/mol. The van der Waals surface area contributed by atoms with Gasteiger partial charge in [0.1, 0.15) is 11.9 Å². The largest absolute Gasteiger partial charge is 0.493 e. The zero-order chi connectivity index (χ0) is 33.2. The van der Waals surface area contributed by atoms with Gasteiger partial charge in [-0.15, -0.1) is 0 Å².